The average molecular weight is 271 g/mol. The fourth-order valence-electron chi connectivity index (χ4n) is 2.40. The standard InChI is InChI=1S/C16H16O2P/c1-2-3-6-12-9-10-15-14(11-12)13-7-4-5-8-16(13)19(17)18-15/h4-5,7-11H,2-3,6H2,1H3/q+1. The molecule has 0 saturated carbocycles. The van der Waals surface area contributed by atoms with Gasteiger partial charge in [0.05, 0.1) is 0 Å². The summed E-state index contributed by atoms with van der Waals surface area (Å²) in [6.45, 7) is 2.20. The van der Waals surface area contributed by atoms with Crippen LogP contribution in [0, 0.1) is 0 Å². The molecular formula is C16H16O2P+. The molecular weight excluding hydrogens is 255 g/mol. The number of benzene rings is 2. The lowest BCUT2D eigenvalue weighted by molar-refractivity contribution is 0.563. The topological polar surface area (TPSA) is 30.2 Å². The van der Waals surface area contributed by atoms with E-state index in [9.17, 15) is 4.57 Å². The van der Waals surface area contributed by atoms with Crippen LogP contribution in [0.3, 0.4) is 0 Å². The van der Waals surface area contributed by atoms with Crippen LogP contribution in [-0.4, -0.2) is 0 Å². The van der Waals surface area contributed by atoms with E-state index in [2.05, 4.69) is 19.1 Å². The van der Waals surface area contributed by atoms with E-state index in [1.54, 1.807) is 0 Å². The molecule has 0 amide bonds. The van der Waals surface area contributed by atoms with Crippen LogP contribution >= 0.6 is 7.65 Å². The predicted octanol–water partition coefficient (Wildman–Crippen LogP) is 5.67. The van der Waals surface area contributed by atoms with E-state index < -0.39 is 7.65 Å². The molecule has 0 spiro atoms. The van der Waals surface area contributed by atoms with Gasteiger partial charge in [-0.15, -0.1) is 0 Å². The average Bonchev–Trinajstić information content (AvgIpc) is 2.46. The SMILES string of the molecule is CCCCc1ccc2o[p+](=O)c3ccccc3c2c1. The first kappa shape index (κ1) is 12.4. The van der Waals surface area contributed by atoms with Crippen LogP contribution in [0.5, 0.6) is 0 Å². The molecule has 3 aromatic rings. The van der Waals surface area contributed by atoms with Crippen LogP contribution < -0.4 is 0 Å². The Bertz CT molecular complexity index is 789. The first-order valence-corrected chi connectivity index (χ1v) is 7.85. The van der Waals surface area contributed by atoms with Gasteiger partial charge in [0.25, 0.3) is 0 Å². The molecule has 1 heterocycles. The molecule has 0 fully saturated rings. The largest absolute Gasteiger partial charge is 0.597 e. The van der Waals surface area contributed by atoms with Crippen molar-refractivity contribution in [2.24, 2.45) is 0 Å². The van der Waals surface area contributed by atoms with E-state index in [-0.39, 0.29) is 0 Å². The number of aryl methyl sites for hydroxylation is 1. The van der Waals surface area contributed by atoms with Gasteiger partial charge in [-0.3, -0.25) is 0 Å². The molecule has 1 unspecified atom stereocenters. The second-order valence-corrected chi connectivity index (χ2v) is 5.98. The molecule has 3 rings (SSSR count). The summed E-state index contributed by atoms with van der Waals surface area (Å²) >= 11 is 0. The van der Waals surface area contributed by atoms with Crippen molar-refractivity contribution in [2.45, 2.75) is 26.2 Å². The minimum absolute atomic E-state index is 0.736. The van der Waals surface area contributed by atoms with Crippen LogP contribution in [0.25, 0.3) is 21.5 Å². The zero-order valence-electron chi connectivity index (χ0n) is 10.9. The maximum absolute atomic E-state index is 12.0. The van der Waals surface area contributed by atoms with Crippen LogP contribution in [0.2, 0.25) is 0 Å². The Morgan fingerprint density at radius 1 is 1.11 bits per heavy atom. The van der Waals surface area contributed by atoms with Crippen molar-refractivity contribution in [1.29, 1.82) is 0 Å². The van der Waals surface area contributed by atoms with Gasteiger partial charge in [0.15, 0.2) is 5.58 Å². The number of rotatable bonds is 3. The molecule has 0 N–H and O–H groups in total. The highest BCUT2D eigenvalue weighted by Crippen LogP contribution is 2.35. The van der Waals surface area contributed by atoms with E-state index >= 15 is 0 Å². The van der Waals surface area contributed by atoms with Gasteiger partial charge in [-0.25, -0.2) is 4.20 Å². The molecule has 19 heavy (non-hydrogen) atoms. The third kappa shape index (κ3) is 2.29. The van der Waals surface area contributed by atoms with Gasteiger partial charge in [0.2, 0.25) is 5.12 Å². The first-order valence-electron chi connectivity index (χ1n) is 6.67. The van der Waals surface area contributed by atoms with E-state index in [0.717, 1.165) is 27.9 Å². The van der Waals surface area contributed by atoms with Crippen molar-refractivity contribution in [3.63, 3.8) is 0 Å². The molecule has 0 aliphatic carbocycles. The summed E-state index contributed by atoms with van der Waals surface area (Å²) in [4.78, 5) is 0. The Kier molecular flexibility index (Phi) is 3.35. The Morgan fingerprint density at radius 3 is 2.79 bits per heavy atom. The molecule has 0 aliphatic rings. The lowest BCUT2D eigenvalue weighted by Crippen LogP contribution is -1.85. The minimum atomic E-state index is -1.76. The van der Waals surface area contributed by atoms with E-state index in [1.807, 2.05) is 30.3 Å². The molecule has 3 heteroatoms. The Hall–Kier alpha value is -1.66. The fourth-order valence-corrected chi connectivity index (χ4v) is 3.44. The summed E-state index contributed by atoms with van der Waals surface area (Å²) in [7, 11) is -1.76. The van der Waals surface area contributed by atoms with Gasteiger partial charge in [-0.05, 0) is 47.2 Å². The van der Waals surface area contributed by atoms with Crippen LogP contribution in [0.15, 0.2) is 46.7 Å². The van der Waals surface area contributed by atoms with Crippen LogP contribution in [0.4, 0.5) is 0 Å². The molecule has 1 aromatic heterocycles. The van der Waals surface area contributed by atoms with Gasteiger partial charge < -0.3 is 0 Å². The van der Waals surface area contributed by atoms with Gasteiger partial charge in [-0.2, -0.15) is 0 Å². The maximum atomic E-state index is 12.0. The highest BCUT2D eigenvalue weighted by molar-refractivity contribution is 7.37. The molecule has 2 nitrogen and oxygen atoms in total. The third-order valence-electron chi connectivity index (χ3n) is 3.44. The molecule has 1 atom stereocenters. The molecule has 0 bridgehead atoms. The smallest absolute Gasteiger partial charge is 0.250 e. The van der Waals surface area contributed by atoms with Gasteiger partial charge in [0, 0.05) is 10.8 Å². The number of fused-ring (bicyclic) bond motifs is 3. The van der Waals surface area contributed by atoms with Gasteiger partial charge in [-0.1, -0.05) is 31.5 Å². The summed E-state index contributed by atoms with van der Waals surface area (Å²) in [6, 6.07) is 14.0. The second kappa shape index (κ2) is 5.14. The highest BCUT2D eigenvalue weighted by Gasteiger charge is 2.15. The minimum Gasteiger partial charge on any atom is -0.250 e. The molecule has 2 aromatic carbocycles. The van der Waals surface area contributed by atoms with Crippen molar-refractivity contribution in [1.82, 2.24) is 0 Å². The van der Waals surface area contributed by atoms with Gasteiger partial charge >= 0.3 is 7.65 Å². The summed E-state index contributed by atoms with van der Waals surface area (Å²) < 4.78 is 17.6. The van der Waals surface area contributed by atoms with Crippen molar-refractivity contribution in [2.75, 3.05) is 0 Å². The number of hydrogen-bond donors (Lipinski definition) is 0. The summed E-state index contributed by atoms with van der Waals surface area (Å²) in [5.41, 5.74) is 2.05. The van der Waals surface area contributed by atoms with E-state index in [4.69, 9.17) is 4.20 Å². The van der Waals surface area contributed by atoms with Gasteiger partial charge in [0.1, 0.15) is 0 Å². The molecule has 0 radical (unpaired) electrons. The Balaban J connectivity index is 2.28. The fraction of sp³-hybridized carbons (Fsp3) is 0.250. The predicted molar refractivity (Wildman–Crippen MR) is 79.9 cm³/mol. The van der Waals surface area contributed by atoms with E-state index in [0.29, 0.717) is 0 Å². The summed E-state index contributed by atoms with van der Waals surface area (Å²) in [5.74, 6) is 0. The van der Waals surface area contributed by atoms with Crippen LogP contribution in [-0.2, 0) is 11.0 Å². The normalized spacial score (nSPS) is 12.2. The first-order chi connectivity index (χ1) is 9.29. The molecule has 96 valence electrons. The third-order valence-corrected chi connectivity index (χ3v) is 4.58. The van der Waals surface area contributed by atoms with Crippen LogP contribution in [0.1, 0.15) is 25.3 Å². The summed E-state index contributed by atoms with van der Waals surface area (Å²) in [6.07, 6.45) is 3.46. The molecule has 0 aliphatic heterocycles. The quantitative estimate of drug-likeness (QED) is 0.574. The lowest BCUT2D eigenvalue weighted by atomic mass is 10.0. The number of unbranched alkanes of at least 4 members (excludes halogenated alkanes) is 1. The molecule has 0 saturated heterocycles. The van der Waals surface area contributed by atoms with Crippen molar-refractivity contribution in [3.05, 3.63) is 48.0 Å². The van der Waals surface area contributed by atoms with Crippen molar-refractivity contribution in [3.8, 4) is 0 Å². The van der Waals surface area contributed by atoms with Crippen molar-refractivity contribution >= 4 is 29.1 Å². The Labute approximate surface area is 112 Å². The highest BCUT2D eigenvalue weighted by atomic mass is 31.1. The summed E-state index contributed by atoms with van der Waals surface area (Å²) in [5, 5.41) is 2.92. The van der Waals surface area contributed by atoms with E-state index in [1.165, 1.54) is 18.4 Å². The van der Waals surface area contributed by atoms with Crippen molar-refractivity contribution < 1.29 is 8.76 Å². The monoisotopic (exact) mass is 271 g/mol. The lowest BCUT2D eigenvalue weighted by Gasteiger charge is -2.02. The zero-order chi connectivity index (χ0) is 13.2. The zero-order valence-corrected chi connectivity index (χ0v) is 11.8. The second-order valence-electron chi connectivity index (χ2n) is 4.80. The Morgan fingerprint density at radius 2 is 1.95 bits per heavy atom. The number of hydrogen-bond acceptors (Lipinski definition) is 2. The maximum Gasteiger partial charge on any atom is 0.597 e.